The quantitative estimate of drug-likeness (QED) is 0.710. The molecule has 1 aromatic carbocycles. The fourth-order valence-corrected chi connectivity index (χ4v) is 1.66. The van der Waals surface area contributed by atoms with Crippen LogP contribution in [-0.4, -0.2) is 30.3 Å². The average Bonchev–Trinajstić information content (AvgIpc) is 2.49. The molecule has 21 heavy (non-hydrogen) atoms. The first-order valence-electron chi connectivity index (χ1n) is 5.93. The highest BCUT2D eigenvalue weighted by Crippen LogP contribution is 2.34. The summed E-state index contributed by atoms with van der Waals surface area (Å²) >= 11 is 0. The first-order valence-corrected chi connectivity index (χ1v) is 5.93. The SMILES string of the molecule is COc1cc(N)c(NC(=O)c2ccc(=O)[nH]n2)cc1OC. The monoisotopic (exact) mass is 290 g/mol. The van der Waals surface area contributed by atoms with Crippen molar-refractivity contribution in [3.63, 3.8) is 0 Å². The van der Waals surface area contributed by atoms with Gasteiger partial charge in [0.2, 0.25) is 0 Å². The van der Waals surface area contributed by atoms with Crippen molar-refractivity contribution in [2.24, 2.45) is 0 Å². The summed E-state index contributed by atoms with van der Waals surface area (Å²) in [6, 6.07) is 5.59. The molecule has 0 fully saturated rings. The predicted octanol–water partition coefficient (Wildman–Crippen LogP) is 0.622. The molecule has 0 spiro atoms. The van der Waals surface area contributed by atoms with Crippen molar-refractivity contribution in [3.05, 3.63) is 40.3 Å². The lowest BCUT2D eigenvalue weighted by Crippen LogP contribution is -2.18. The molecule has 2 aromatic rings. The zero-order valence-electron chi connectivity index (χ0n) is 11.5. The number of methoxy groups -OCH3 is 2. The van der Waals surface area contributed by atoms with Gasteiger partial charge in [0.15, 0.2) is 11.5 Å². The number of ether oxygens (including phenoxy) is 2. The van der Waals surface area contributed by atoms with Crippen LogP contribution in [0.15, 0.2) is 29.1 Å². The Labute approximate surface area is 119 Å². The maximum atomic E-state index is 12.0. The highest BCUT2D eigenvalue weighted by atomic mass is 16.5. The summed E-state index contributed by atoms with van der Waals surface area (Å²) in [7, 11) is 2.96. The summed E-state index contributed by atoms with van der Waals surface area (Å²) in [5.74, 6) is 0.372. The maximum absolute atomic E-state index is 12.0. The third-order valence-electron chi connectivity index (χ3n) is 2.72. The predicted molar refractivity (Wildman–Crippen MR) is 76.8 cm³/mol. The first-order chi connectivity index (χ1) is 10.0. The molecule has 2 rings (SSSR count). The fraction of sp³-hybridized carbons (Fsp3) is 0.154. The number of nitrogens with one attached hydrogen (secondary N) is 2. The standard InChI is InChI=1S/C13H14N4O4/c1-20-10-5-7(14)9(6-11(10)21-2)15-13(19)8-3-4-12(18)17-16-8/h3-6H,14H2,1-2H3,(H,15,19)(H,17,18). The van der Waals surface area contributed by atoms with E-state index >= 15 is 0 Å². The van der Waals surface area contributed by atoms with E-state index in [0.29, 0.717) is 22.9 Å². The zero-order chi connectivity index (χ0) is 15.4. The van der Waals surface area contributed by atoms with Crippen LogP contribution < -0.4 is 26.1 Å². The van der Waals surface area contributed by atoms with Crippen molar-refractivity contribution >= 4 is 17.3 Å². The molecule has 0 bridgehead atoms. The molecule has 0 atom stereocenters. The number of carbonyl (C=O) groups excluding carboxylic acids is 1. The van der Waals surface area contributed by atoms with Crippen LogP contribution in [0.4, 0.5) is 11.4 Å². The number of aromatic amines is 1. The summed E-state index contributed by atoms with van der Waals surface area (Å²) in [4.78, 5) is 22.9. The molecule has 8 heteroatoms. The second-order valence-corrected chi connectivity index (χ2v) is 4.05. The Balaban J connectivity index is 2.28. The highest BCUT2D eigenvalue weighted by molar-refractivity contribution is 6.04. The molecule has 0 saturated heterocycles. The molecule has 110 valence electrons. The van der Waals surface area contributed by atoms with Gasteiger partial charge in [0.05, 0.1) is 25.6 Å². The van der Waals surface area contributed by atoms with Crippen LogP contribution in [0.5, 0.6) is 11.5 Å². The van der Waals surface area contributed by atoms with Crippen LogP contribution in [0.2, 0.25) is 0 Å². The molecule has 0 aliphatic carbocycles. The summed E-state index contributed by atoms with van der Waals surface area (Å²) in [5.41, 5.74) is 6.17. The summed E-state index contributed by atoms with van der Waals surface area (Å²) < 4.78 is 10.2. The van der Waals surface area contributed by atoms with Crippen molar-refractivity contribution in [2.45, 2.75) is 0 Å². The summed E-state index contributed by atoms with van der Waals surface area (Å²) in [6.45, 7) is 0. The Kier molecular flexibility index (Phi) is 4.07. The van der Waals surface area contributed by atoms with Gasteiger partial charge in [0, 0.05) is 18.2 Å². The van der Waals surface area contributed by atoms with Crippen LogP contribution >= 0.6 is 0 Å². The molecule has 0 aliphatic rings. The van der Waals surface area contributed by atoms with E-state index in [2.05, 4.69) is 15.5 Å². The van der Waals surface area contributed by atoms with Crippen LogP contribution in [0.1, 0.15) is 10.5 Å². The Hall–Kier alpha value is -3.03. The largest absolute Gasteiger partial charge is 0.493 e. The van der Waals surface area contributed by atoms with Crippen molar-refractivity contribution in [2.75, 3.05) is 25.3 Å². The molecule has 1 amide bonds. The Morgan fingerprint density at radius 3 is 2.48 bits per heavy atom. The van der Waals surface area contributed by atoms with Crippen LogP contribution in [0.25, 0.3) is 0 Å². The van der Waals surface area contributed by atoms with E-state index in [4.69, 9.17) is 15.2 Å². The maximum Gasteiger partial charge on any atom is 0.276 e. The van der Waals surface area contributed by atoms with Gasteiger partial charge in [0.25, 0.3) is 11.5 Å². The van der Waals surface area contributed by atoms with E-state index in [0.717, 1.165) is 0 Å². The number of hydrogen-bond acceptors (Lipinski definition) is 6. The fourth-order valence-electron chi connectivity index (χ4n) is 1.66. The third kappa shape index (κ3) is 3.11. The van der Waals surface area contributed by atoms with Gasteiger partial charge in [-0.2, -0.15) is 5.10 Å². The third-order valence-corrected chi connectivity index (χ3v) is 2.72. The molecular weight excluding hydrogens is 276 g/mol. The second-order valence-electron chi connectivity index (χ2n) is 4.05. The molecule has 4 N–H and O–H groups in total. The van der Waals surface area contributed by atoms with Crippen LogP contribution in [-0.2, 0) is 0 Å². The number of H-pyrrole nitrogens is 1. The number of rotatable bonds is 4. The molecule has 1 heterocycles. The van der Waals surface area contributed by atoms with Gasteiger partial charge >= 0.3 is 0 Å². The topological polar surface area (TPSA) is 119 Å². The number of aromatic nitrogens is 2. The van der Waals surface area contributed by atoms with Gasteiger partial charge in [-0.05, 0) is 6.07 Å². The molecule has 1 aromatic heterocycles. The van der Waals surface area contributed by atoms with Crippen LogP contribution in [0.3, 0.4) is 0 Å². The molecule has 0 saturated carbocycles. The van der Waals surface area contributed by atoms with Gasteiger partial charge in [0.1, 0.15) is 5.69 Å². The minimum Gasteiger partial charge on any atom is -0.493 e. The average molecular weight is 290 g/mol. The normalized spacial score (nSPS) is 10.0. The lowest BCUT2D eigenvalue weighted by atomic mass is 10.2. The summed E-state index contributed by atoms with van der Waals surface area (Å²) in [5, 5.41) is 8.40. The number of nitrogens with zero attached hydrogens (tertiary/aromatic N) is 1. The highest BCUT2D eigenvalue weighted by Gasteiger charge is 2.13. The second kappa shape index (κ2) is 5.95. The molecular formula is C13H14N4O4. The summed E-state index contributed by atoms with van der Waals surface area (Å²) in [6.07, 6.45) is 0. The van der Waals surface area contributed by atoms with E-state index in [1.807, 2.05) is 0 Å². The van der Waals surface area contributed by atoms with Crippen molar-refractivity contribution in [3.8, 4) is 11.5 Å². The van der Waals surface area contributed by atoms with E-state index in [1.54, 1.807) is 0 Å². The van der Waals surface area contributed by atoms with Gasteiger partial charge in [-0.3, -0.25) is 9.59 Å². The van der Waals surface area contributed by atoms with Crippen LogP contribution in [0, 0.1) is 0 Å². The van der Waals surface area contributed by atoms with E-state index in [1.165, 1.54) is 38.5 Å². The Morgan fingerprint density at radius 2 is 1.90 bits per heavy atom. The van der Waals surface area contributed by atoms with E-state index in [9.17, 15) is 9.59 Å². The number of anilines is 2. The van der Waals surface area contributed by atoms with Gasteiger partial charge < -0.3 is 20.5 Å². The molecule has 0 unspecified atom stereocenters. The molecule has 8 nitrogen and oxygen atoms in total. The Morgan fingerprint density at radius 1 is 1.24 bits per heavy atom. The first kappa shape index (κ1) is 14.4. The molecule has 0 aliphatic heterocycles. The smallest absolute Gasteiger partial charge is 0.276 e. The van der Waals surface area contributed by atoms with Gasteiger partial charge in [-0.1, -0.05) is 0 Å². The van der Waals surface area contributed by atoms with Crippen molar-refractivity contribution in [1.82, 2.24) is 10.2 Å². The number of benzene rings is 1. The van der Waals surface area contributed by atoms with Gasteiger partial charge in [-0.25, -0.2) is 5.10 Å². The van der Waals surface area contributed by atoms with Gasteiger partial charge in [-0.15, -0.1) is 0 Å². The number of amides is 1. The van der Waals surface area contributed by atoms with Crippen molar-refractivity contribution < 1.29 is 14.3 Å². The van der Waals surface area contributed by atoms with Crippen molar-refractivity contribution in [1.29, 1.82) is 0 Å². The van der Waals surface area contributed by atoms with E-state index in [-0.39, 0.29) is 5.69 Å². The minimum atomic E-state index is -0.509. The zero-order valence-corrected chi connectivity index (χ0v) is 11.5. The molecule has 0 radical (unpaired) electrons. The lowest BCUT2D eigenvalue weighted by Gasteiger charge is -2.13. The Bertz CT molecular complexity index is 706. The minimum absolute atomic E-state index is 0.0591. The number of nitrogens with two attached hydrogens (primary N) is 1. The number of hydrogen-bond donors (Lipinski definition) is 3. The number of nitrogen functional groups attached to an aromatic ring is 1. The van der Waals surface area contributed by atoms with E-state index < -0.39 is 11.5 Å². The lowest BCUT2D eigenvalue weighted by molar-refractivity contribution is 0.102. The number of carbonyl (C=O) groups is 1.